The summed E-state index contributed by atoms with van der Waals surface area (Å²) in [4.78, 5) is 4.49. The lowest BCUT2D eigenvalue weighted by molar-refractivity contribution is 0.687. The second-order valence-electron chi connectivity index (χ2n) is 4.46. The average Bonchev–Trinajstić information content (AvgIpc) is 2.35. The first-order valence-electron chi connectivity index (χ1n) is 5.74. The minimum Gasteiger partial charge on any atom is -0.370 e. The van der Waals surface area contributed by atoms with Crippen molar-refractivity contribution in [1.29, 1.82) is 5.26 Å². The van der Waals surface area contributed by atoms with Gasteiger partial charge in [-0.05, 0) is 18.1 Å². The van der Waals surface area contributed by atoms with Crippen LogP contribution in [0.2, 0.25) is 0 Å². The van der Waals surface area contributed by atoms with Crippen LogP contribution < -0.4 is 5.32 Å². The Balaban J connectivity index is 2.43. The van der Waals surface area contributed by atoms with Gasteiger partial charge in [-0.25, -0.2) is 4.98 Å². The van der Waals surface area contributed by atoms with Gasteiger partial charge in [0.15, 0.2) is 0 Å². The van der Waals surface area contributed by atoms with E-state index in [0.717, 1.165) is 23.3 Å². The van der Waals surface area contributed by atoms with E-state index in [1.165, 1.54) is 0 Å². The van der Waals surface area contributed by atoms with Crippen LogP contribution in [0.25, 0.3) is 10.9 Å². The van der Waals surface area contributed by atoms with E-state index in [1.54, 1.807) is 0 Å². The Labute approximate surface area is 101 Å². The SMILES string of the molecule is CC(C)CNc1cc(C#N)c2ccccc2n1. The van der Waals surface area contributed by atoms with Crippen LogP contribution in [-0.4, -0.2) is 11.5 Å². The quantitative estimate of drug-likeness (QED) is 0.872. The maximum absolute atomic E-state index is 9.13. The van der Waals surface area contributed by atoms with Gasteiger partial charge in [0.05, 0.1) is 17.1 Å². The number of benzene rings is 1. The second-order valence-corrected chi connectivity index (χ2v) is 4.46. The third-order valence-electron chi connectivity index (χ3n) is 2.53. The van der Waals surface area contributed by atoms with Gasteiger partial charge in [0, 0.05) is 11.9 Å². The lowest BCUT2D eigenvalue weighted by atomic mass is 10.1. The van der Waals surface area contributed by atoms with Crippen molar-refractivity contribution >= 4 is 16.7 Å². The molecule has 0 atom stereocenters. The third kappa shape index (κ3) is 2.54. The van der Waals surface area contributed by atoms with Crippen molar-refractivity contribution in [3.8, 4) is 6.07 Å². The van der Waals surface area contributed by atoms with Crippen molar-refractivity contribution in [3.63, 3.8) is 0 Å². The number of hydrogen-bond donors (Lipinski definition) is 1. The highest BCUT2D eigenvalue weighted by atomic mass is 15.0. The zero-order valence-corrected chi connectivity index (χ0v) is 10.1. The number of nitrogens with one attached hydrogen (secondary N) is 1. The summed E-state index contributed by atoms with van der Waals surface area (Å²) in [6.07, 6.45) is 0. The molecule has 1 aromatic heterocycles. The number of aromatic nitrogens is 1. The Bertz CT molecular complexity index is 567. The second kappa shape index (κ2) is 4.84. The van der Waals surface area contributed by atoms with Gasteiger partial charge in [0.25, 0.3) is 0 Å². The molecule has 1 heterocycles. The highest BCUT2D eigenvalue weighted by Gasteiger charge is 2.04. The zero-order valence-electron chi connectivity index (χ0n) is 10.1. The maximum Gasteiger partial charge on any atom is 0.127 e. The predicted octanol–water partition coefficient (Wildman–Crippen LogP) is 3.17. The van der Waals surface area contributed by atoms with Crippen molar-refractivity contribution in [2.45, 2.75) is 13.8 Å². The smallest absolute Gasteiger partial charge is 0.127 e. The third-order valence-corrected chi connectivity index (χ3v) is 2.53. The normalized spacial score (nSPS) is 10.5. The molecule has 2 rings (SSSR count). The van der Waals surface area contributed by atoms with Crippen molar-refractivity contribution in [2.75, 3.05) is 11.9 Å². The van der Waals surface area contributed by atoms with E-state index in [2.05, 4.69) is 30.2 Å². The van der Waals surface area contributed by atoms with Gasteiger partial charge >= 0.3 is 0 Å². The van der Waals surface area contributed by atoms with E-state index in [1.807, 2.05) is 30.3 Å². The molecule has 0 saturated heterocycles. The summed E-state index contributed by atoms with van der Waals surface area (Å²) in [5.74, 6) is 1.32. The Kier molecular flexibility index (Phi) is 3.24. The molecule has 3 nitrogen and oxygen atoms in total. The van der Waals surface area contributed by atoms with E-state index >= 15 is 0 Å². The Hall–Kier alpha value is -2.08. The molecule has 0 aliphatic rings. The van der Waals surface area contributed by atoms with Gasteiger partial charge in [-0.2, -0.15) is 5.26 Å². The molecule has 1 aromatic carbocycles. The highest BCUT2D eigenvalue weighted by molar-refractivity contribution is 5.86. The minimum atomic E-state index is 0.550. The summed E-state index contributed by atoms with van der Waals surface area (Å²) >= 11 is 0. The topological polar surface area (TPSA) is 48.7 Å². The van der Waals surface area contributed by atoms with Crippen molar-refractivity contribution in [3.05, 3.63) is 35.9 Å². The van der Waals surface area contributed by atoms with Gasteiger partial charge in [-0.15, -0.1) is 0 Å². The summed E-state index contributed by atoms with van der Waals surface area (Å²) in [5, 5.41) is 13.3. The molecule has 3 heteroatoms. The highest BCUT2D eigenvalue weighted by Crippen LogP contribution is 2.19. The average molecular weight is 225 g/mol. The van der Waals surface area contributed by atoms with Crippen LogP contribution in [0, 0.1) is 17.2 Å². The number of hydrogen-bond acceptors (Lipinski definition) is 3. The van der Waals surface area contributed by atoms with Gasteiger partial charge < -0.3 is 5.32 Å². The molecule has 0 radical (unpaired) electrons. The van der Waals surface area contributed by atoms with Crippen LogP contribution in [-0.2, 0) is 0 Å². The summed E-state index contributed by atoms with van der Waals surface area (Å²) in [6, 6.07) is 11.7. The van der Waals surface area contributed by atoms with Gasteiger partial charge in [-0.3, -0.25) is 0 Å². The minimum absolute atomic E-state index is 0.550. The number of nitrogens with zero attached hydrogens (tertiary/aromatic N) is 2. The van der Waals surface area contributed by atoms with E-state index in [0.29, 0.717) is 11.5 Å². The largest absolute Gasteiger partial charge is 0.370 e. The molecule has 0 bridgehead atoms. The molecular formula is C14H15N3. The van der Waals surface area contributed by atoms with Crippen molar-refractivity contribution < 1.29 is 0 Å². The molecular weight excluding hydrogens is 210 g/mol. The van der Waals surface area contributed by atoms with E-state index in [4.69, 9.17) is 5.26 Å². The van der Waals surface area contributed by atoms with Gasteiger partial charge in [0.1, 0.15) is 5.82 Å². The van der Waals surface area contributed by atoms with Crippen molar-refractivity contribution in [2.24, 2.45) is 5.92 Å². The molecule has 0 saturated carbocycles. The summed E-state index contributed by atoms with van der Waals surface area (Å²) in [5.41, 5.74) is 1.53. The van der Waals surface area contributed by atoms with Gasteiger partial charge in [0.2, 0.25) is 0 Å². The maximum atomic E-state index is 9.13. The van der Waals surface area contributed by atoms with Gasteiger partial charge in [-0.1, -0.05) is 32.0 Å². The van der Waals surface area contributed by atoms with E-state index in [-0.39, 0.29) is 0 Å². The summed E-state index contributed by atoms with van der Waals surface area (Å²) in [7, 11) is 0. The first-order valence-corrected chi connectivity index (χ1v) is 5.74. The molecule has 0 aliphatic carbocycles. The lowest BCUT2D eigenvalue weighted by Crippen LogP contribution is -2.09. The number of fused-ring (bicyclic) bond motifs is 1. The molecule has 0 aliphatic heterocycles. The van der Waals surface area contributed by atoms with Crippen LogP contribution in [0.3, 0.4) is 0 Å². The van der Waals surface area contributed by atoms with Crippen LogP contribution in [0.1, 0.15) is 19.4 Å². The number of nitriles is 1. The van der Waals surface area contributed by atoms with Crippen molar-refractivity contribution in [1.82, 2.24) is 4.98 Å². The zero-order chi connectivity index (χ0) is 12.3. The molecule has 0 fully saturated rings. The first-order chi connectivity index (χ1) is 8.20. The van der Waals surface area contributed by atoms with Crippen LogP contribution >= 0.6 is 0 Å². The van der Waals surface area contributed by atoms with E-state index < -0.39 is 0 Å². The van der Waals surface area contributed by atoms with E-state index in [9.17, 15) is 0 Å². The molecule has 0 amide bonds. The monoisotopic (exact) mass is 225 g/mol. The molecule has 0 unspecified atom stereocenters. The predicted molar refractivity (Wildman–Crippen MR) is 69.8 cm³/mol. The number of para-hydroxylation sites is 1. The Morgan fingerprint density at radius 1 is 1.35 bits per heavy atom. The summed E-state index contributed by atoms with van der Waals surface area (Å²) in [6.45, 7) is 5.13. The lowest BCUT2D eigenvalue weighted by Gasteiger charge is -2.09. The molecule has 1 N–H and O–H groups in total. The number of rotatable bonds is 3. The molecule has 86 valence electrons. The Morgan fingerprint density at radius 3 is 2.82 bits per heavy atom. The summed E-state index contributed by atoms with van der Waals surface area (Å²) < 4.78 is 0. The number of anilines is 1. The molecule has 0 spiro atoms. The standard InChI is InChI=1S/C14H15N3/c1-10(2)9-16-14-7-11(8-15)12-5-3-4-6-13(12)17-14/h3-7,10H,9H2,1-2H3,(H,16,17). The molecule has 17 heavy (non-hydrogen) atoms. The fourth-order valence-corrected chi connectivity index (χ4v) is 1.67. The fourth-order valence-electron chi connectivity index (χ4n) is 1.67. The van der Waals surface area contributed by atoms with Crippen LogP contribution in [0.5, 0.6) is 0 Å². The number of pyridine rings is 1. The fraction of sp³-hybridized carbons (Fsp3) is 0.286. The first kappa shape index (κ1) is 11.4. The molecule has 2 aromatic rings. The Morgan fingerprint density at radius 2 is 2.12 bits per heavy atom. The van der Waals surface area contributed by atoms with Crippen LogP contribution in [0.15, 0.2) is 30.3 Å². The van der Waals surface area contributed by atoms with Crippen LogP contribution in [0.4, 0.5) is 5.82 Å².